The van der Waals surface area contributed by atoms with E-state index in [2.05, 4.69) is 22.5 Å². The molecule has 0 aromatic heterocycles. The van der Waals surface area contributed by atoms with Crippen LogP contribution in [0.1, 0.15) is 47.0 Å². The number of anilines is 1. The number of methoxy groups -OCH3 is 2. The number of nitrogens with zero attached hydrogens (tertiary/aromatic N) is 1. The van der Waals surface area contributed by atoms with Gasteiger partial charge < -0.3 is 30.6 Å². The van der Waals surface area contributed by atoms with Gasteiger partial charge in [-0.1, -0.05) is 19.8 Å². The molecule has 1 amide bonds. The van der Waals surface area contributed by atoms with Crippen LogP contribution < -0.4 is 25.8 Å². The Morgan fingerprint density at radius 1 is 1.21 bits per heavy atom. The number of hydrogen-bond acceptors (Lipinski definition) is 5. The molecule has 0 saturated carbocycles. The number of alkyl carbamates (subject to hydrolysis) is 1. The Kier molecular flexibility index (Phi) is 12.5. The van der Waals surface area contributed by atoms with E-state index in [0.29, 0.717) is 18.0 Å². The fourth-order valence-corrected chi connectivity index (χ4v) is 2.46. The first kappa shape index (κ1) is 27.1. The second kappa shape index (κ2) is 13.3. The number of hydrogen-bond donors (Lipinski definition) is 3. The minimum absolute atomic E-state index is 0. The second-order valence-corrected chi connectivity index (χ2v) is 7.39. The number of nitrogens with two attached hydrogens (primary N) is 1. The summed E-state index contributed by atoms with van der Waals surface area (Å²) in [4.78, 5) is 16.4. The lowest BCUT2D eigenvalue weighted by Gasteiger charge is -2.21. The van der Waals surface area contributed by atoms with Gasteiger partial charge in [0.2, 0.25) is 0 Å². The molecule has 1 rings (SSSR count). The van der Waals surface area contributed by atoms with E-state index in [-0.39, 0.29) is 36.0 Å². The van der Waals surface area contributed by atoms with Crippen molar-refractivity contribution in [3.05, 3.63) is 18.2 Å². The molecule has 8 nitrogen and oxygen atoms in total. The van der Waals surface area contributed by atoms with Crippen molar-refractivity contribution in [3.63, 3.8) is 0 Å². The predicted octanol–water partition coefficient (Wildman–Crippen LogP) is 4.13. The minimum atomic E-state index is -0.541. The molecule has 1 aromatic rings. The maximum Gasteiger partial charge on any atom is 0.407 e. The van der Waals surface area contributed by atoms with Gasteiger partial charge in [0.1, 0.15) is 5.60 Å². The van der Waals surface area contributed by atoms with Gasteiger partial charge in [-0.05, 0) is 39.3 Å². The first-order valence-electron chi connectivity index (χ1n) is 9.47. The molecule has 1 atom stereocenters. The van der Waals surface area contributed by atoms with Crippen molar-refractivity contribution in [1.82, 2.24) is 5.32 Å². The topological polar surface area (TPSA) is 107 Å². The largest absolute Gasteiger partial charge is 0.493 e. The highest BCUT2D eigenvalue weighted by Crippen LogP contribution is 2.29. The summed E-state index contributed by atoms with van der Waals surface area (Å²) in [7, 11) is 3.15. The number of ether oxygens (including phenoxy) is 3. The van der Waals surface area contributed by atoms with Gasteiger partial charge in [-0.2, -0.15) is 0 Å². The van der Waals surface area contributed by atoms with E-state index in [0.717, 1.165) is 24.9 Å². The van der Waals surface area contributed by atoms with Gasteiger partial charge >= 0.3 is 6.09 Å². The lowest BCUT2D eigenvalue weighted by Crippen LogP contribution is -2.37. The summed E-state index contributed by atoms with van der Waals surface area (Å²) in [6.07, 6.45) is 2.35. The van der Waals surface area contributed by atoms with Crippen molar-refractivity contribution in [3.8, 4) is 11.5 Å². The van der Waals surface area contributed by atoms with Crippen LogP contribution in [0.4, 0.5) is 10.5 Å². The summed E-state index contributed by atoms with van der Waals surface area (Å²) in [6.45, 7) is 7.93. The summed E-state index contributed by atoms with van der Waals surface area (Å²) in [6, 6.07) is 5.23. The number of carbonyl (C=O) groups is 1. The Morgan fingerprint density at radius 2 is 1.86 bits per heavy atom. The van der Waals surface area contributed by atoms with E-state index in [4.69, 9.17) is 19.9 Å². The fourth-order valence-electron chi connectivity index (χ4n) is 2.46. The molecule has 0 fully saturated rings. The lowest BCUT2D eigenvalue weighted by atomic mass is 10.1. The summed E-state index contributed by atoms with van der Waals surface area (Å²) >= 11 is 0. The smallest absolute Gasteiger partial charge is 0.407 e. The standard InChI is InChI=1S/C20H34N4O4.HI/c1-7-8-9-15(13-22-19(25)28-20(2,3)4)24-18(21)23-14-10-11-16(26-5)17(12-14)27-6;/h10-12,15H,7-9,13H2,1-6H3,(H,22,25)(H3,21,23,24);1H. The van der Waals surface area contributed by atoms with Crippen LogP contribution in [0.3, 0.4) is 0 Å². The first-order chi connectivity index (χ1) is 13.2. The van der Waals surface area contributed by atoms with Crippen molar-refractivity contribution < 1.29 is 19.0 Å². The molecule has 166 valence electrons. The molecular weight excluding hydrogens is 487 g/mol. The fraction of sp³-hybridized carbons (Fsp3) is 0.600. The van der Waals surface area contributed by atoms with Gasteiger partial charge in [0.15, 0.2) is 17.5 Å². The molecule has 0 aliphatic rings. The Bertz CT molecular complexity index is 662. The molecule has 1 unspecified atom stereocenters. The zero-order valence-electron chi connectivity index (χ0n) is 18.2. The van der Waals surface area contributed by atoms with Gasteiger partial charge in [0.05, 0.1) is 20.3 Å². The number of guanidine groups is 1. The maximum absolute atomic E-state index is 11.9. The van der Waals surface area contributed by atoms with Crippen LogP contribution in [-0.2, 0) is 4.74 Å². The SMILES string of the molecule is CCCCC(CNC(=O)OC(C)(C)C)N=C(N)Nc1ccc(OC)c(OC)c1.I. The van der Waals surface area contributed by atoms with Crippen LogP contribution in [0.15, 0.2) is 23.2 Å². The van der Waals surface area contributed by atoms with Gasteiger partial charge in [-0.15, -0.1) is 24.0 Å². The average molecular weight is 522 g/mol. The Morgan fingerprint density at radius 3 is 2.41 bits per heavy atom. The zero-order chi connectivity index (χ0) is 21.2. The van der Waals surface area contributed by atoms with Crippen LogP contribution in [-0.4, -0.2) is 44.5 Å². The number of unbranched alkanes of at least 4 members (excludes halogenated alkanes) is 1. The van der Waals surface area contributed by atoms with Gasteiger partial charge in [0.25, 0.3) is 0 Å². The number of carbonyl (C=O) groups excluding carboxylic acids is 1. The van der Waals surface area contributed by atoms with Crippen LogP contribution in [0, 0.1) is 0 Å². The van der Waals surface area contributed by atoms with Crippen molar-refractivity contribution in [1.29, 1.82) is 0 Å². The molecule has 0 heterocycles. The van der Waals surface area contributed by atoms with Crippen molar-refractivity contribution in [2.45, 2.75) is 58.6 Å². The number of amides is 1. The van der Waals surface area contributed by atoms with Crippen LogP contribution in [0.25, 0.3) is 0 Å². The molecule has 0 radical (unpaired) electrons. The third kappa shape index (κ3) is 11.0. The highest BCUT2D eigenvalue weighted by molar-refractivity contribution is 14.0. The average Bonchev–Trinajstić information content (AvgIpc) is 2.62. The summed E-state index contributed by atoms with van der Waals surface area (Å²) in [5.74, 6) is 1.49. The molecule has 4 N–H and O–H groups in total. The van der Waals surface area contributed by atoms with Gasteiger partial charge in [-0.3, -0.25) is 0 Å². The maximum atomic E-state index is 11.9. The monoisotopic (exact) mass is 522 g/mol. The molecule has 1 aromatic carbocycles. The number of benzene rings is 1. The van der Waals surface area contributed by atoms with Crippen LogP contribution in [0.2, 0.25) is 0 Å². The summed E-state index contributed by atoms with van der Waals surface area (Å²) in [5.41, 5.74) is 6.26. The van der Waals surface area contributed by atoms with E-state index < -0.39 is 11.7 Å². The Balaban J connectivity index is 0.00000784. The van der Waals surface area contributed by atoms with Crippen molar-refractivity contribution in [2.75, 3.05) is 26.1 Å². The van der Waals surface area contributed by atoms with E-state index in [9.17, 15) is 4.79 Å². The Hall–Kier alpha value is -1.91. The highest BCUT2D eigenvalue weighted by atomic mass is 127. The van der Waals surface area contributed by atoms with E-state index >= 15 is 0 Å². The molecule has 0 aliphatic carbocycles. The zero-order valence-corrected chi connectivity index (χ0v) is 20.5. The number of halogens is 1. The molecular formula is C20H35IN4O4. The minimum Gasteiger partial charge on any atom is -0.493 e. The van der Waals surface area contributed by atoms with Gasteiger partial charge in [-0.25, -0.2) is 9.79 Å². The summed E-state index contributed by atoms with van der Waals surface area (Å²) < 4.78 is 15.8. The first-order valence-corrected chi connectivity index (χ1v) is 9.47. The molecule has 0 saturated heterocycles. The molecule has 0 bridgehead atoms. The van der Waals surface area contributed by atoms with Crippen molar-refractivity contribution in [2.24, 2.45) is 10.7 Å². The second-order valence-electron chi connectivity index (χ2n) is 7.39. The third-order valence-corrected chi connectivity index (χ3v) is 3.75. The quantitative estimate of drug-likeness (QED) is 0.256. The van der Waals surface area contributed by atoms with Gasteiger partial charge in [0, 0.05) is 18.3 Å². The Labute approximate surface area is 191 Å². The van der Waals surface area contributed by atoms with Crippen LogP contribution >= 0.6 is 24.0 Å². The van der Waals surface area contributed by atoms with Crippen molar-refractivity contribution >= 4 is 41.7 Å². The lowest BCUT2D eigenvalue weighted by molar-refractivity contribution is 0.0524. The summed E-state index contributed by atoms with van der Waals surface area (Å²) in [5, 5.41) is 5.81. The molecule has 9 heteroatoms. The third-order valence-electron chi connectivity index (χ3n) is 3.75. The molecule has 0 aliphatic heterocycles. The molecule has 29 heavy (non-hydrogen) atoms. The molecule has 0 spiro atoms. The normalized spacial score (nSPS) is 12.4. The highest BCUT2D eigenvalue weighted by Gasteiger charge is 2.17. The van der Waals surface area contributed by atoms with E-state index in [1.807, 2.05) is 26.8 Å². The predicted molar refractivity (Wildman–Crippen MR) is 128 cm³/mol. The number of nitrogens with one attached hydrogen (secondary N) is 2. The van der Waals surface area contributed by atoms with E-state index in [1.165, 1.54) is 0 Å². The van der Waals surface area contributed by atoms with E-state index in [1.54, 1.807) is 26.4 Å². The number of rotatable bonds is 9. The number of aliphatic imine (C=N–C) groups is 1. The van der Waals surface area contributed by atoms with Crippen LogP contribution in [0.5, 0.6) is 11.5 Å².